The topological polar surface area (TPSA) is 44.8 Å². The summed E-state index contributed by atoms with van der Waals surface area (Å²) in [5.74, 6) is 1.87. The predicted octanol–water partition coefficient (Wildman–Crippen LogP) is 4.27. The molecule has 0 aromatic heterocycles. The lowest BCUT2D eigenvalue weighted by atomic mass is 9.47. The van der Waals surface area contributed by atoms with Crippen molar-refractivity contribution in [3.05, 3.63) is 11.6 Å². The van der Waals surface area contributed by atoms with Crippen LogP contribution >= 0.6 is 0 Å². The number of esters is 1. The summed E-state index contributed by atoms with van der Waals surface area (Å²) >= 11 is 0. The van der Waals surface area contributed by atoms with Crippen molar-refractivity contribution in [2.45, 2.75) is 84.0 Å². The van der Waals surface area contributed by atoms with Crippen LogP contribution in [-0.4, -0.2) is 37.5 Å². The van der Waals surface area contributed by atoms with Crippen molar-refractivity contribution < 1.29 is 19.0 Å². The molecular formula is C23H34O4. The molecule has 1 saturated heterocycles. The largest absolute Gasteiger partial charge is 0.462 e. The van der Waals surface area contributed by atoms with Gasteiger partial charge in [-0.05, 0) is 67.1 Å². The van der Waals surface area contributed by atoms with Gasteiger partial charge in [0.25, 0.3) is 0 Å². The molecular weight excluding hydrogens is 340 g/mol. The molecule has 0 radical (unpaired) electrons. The Hall–Kier alpha value is -0.870. The van der Waals surface area contributed by atoms with Crippen molar-refractivity contribution in [1.82, 2.24) is 0 Å². The summed E-state index contributed by atoms with van der Waals surface area (Å²) in [5.41, 5.74) is 2.06. The Bertz CT molecular complexity index is 657. The molecule has 2 unspecified atom stereocenters. The maximum atomic E-state index is 11.5. The third-order valence-corrected chi connectivity index (χ3v) is 9.02. The Morgan fingerprint density at radius 3 is 2.70 bits per heavy atom. The molecule has 0 spiro atoms. The van der Waals surface area contributed by atoms with E-state index in [2.05, 4.69) is 19.9 Å². The van der Waals surface area contributed by atoms with E-state index in [9.17, 15) is 4.79 Å². The summed E-state index contributed by atoms with van der Waals surface area (Å²) in [5, 5.41) is 0. The SMILES string of the molecule is CC(=O)O[C@H]1CC[C@@]2(C)C(=CC3OCCOC4CC[C@H]5[C@H]3[C@@H]2CC[C@]45C)C1. The third-order valence-electron chi connectivity index (χ3n) is 9.02. The lowest BCUT2D eigenvalue weighted by molar-refractivity contribution is -0.149. The molecule has 1 heterocycles. The van der Waals surface area contributed by atoms with E-state index in [0.717, 1.165) is 25.9 Å². The van der Waals surface area contributed by atoms with Crippen molar-refractivity contribution in [3.8, 4) is 0 Å². The maximum absolute atomic E-state index is 11.5. The van der Waals surface area contributed by atoms with Gasteiger partial charge in [-0.3, -0.25) is 4.79 Å². The Kier molecular flexibility index (Phi) is 4.25. The van der Waals surface area contributed by atoms with Crippen LogP contribution in [0.15, 0.2) is 11.6 Å². The lowest BCUT2D eigenvalue weighted by Gasteiger charge is -2.59. The van der Waals surface area contributed by atoms with Crippen LogP contribution in [-0.2, 0) is 19.0 Å². The van der Waals surface area contributed by atoms with Crippen LogP contribution in [0.25, 0.3) is 0 Å². The fraction of sp³-hybridized carbons (Fsp3) is 0.870. The van der Waals surface area contributed by atoms with Crippen LogP contribution in [0.2, 0.25) is 0 Å². The van der Waals surface area contributed by atoms with Gasteiger partial charge >= 0.3 is 5.97 Å². The minimum atomic E-state index is -0.154. The Morgan fingerprint density at radius 1 is 1.07 bits per heavy atom. The molecule has 27 heavy (non-hydrogen) atoms. The van der Waals surface area contributed by atoms with E-state index < -0.39 is 0 Å². The highest BCUT2D eigenvalue weighted by Crippen LogP contribution is 2.65. The standard InChI is InChI=1S/C23H34O4/c1-14(24)27-16-6-8-22(2)15(12-16)13-19-21-17-4-5-20(26-11-10-25-19)23(17,3)9-7-18(21)22/h13,16-21H,4-12H2,1-3H3/t16-,17-,18-,19?,20?,21-,22-,23-/m0/s1. The molecule has 4 fully saturated rings. The van der Waals surface area contributed by atoms with Crippen molar-refractivity contribution in [2.24, 2.45) is 28.6 Å². The van der Waals surface area contributed by atoms with E-state index in [1.54, 1.807) is 0 Å². The number of rotatable bonds is 1. The fourth-order valence-electron chi connectivity index (χ4n) is 7.68. The second-order valence-electron chi connectivity index (χ2n) is 10.2. The van der Waals surface area contributed by atoms with Crippen LogP contribution in [0.5, 0.6) is 0 Å². The van der Waals surface area contributed by atoms with Crippen LogP contribution in [0.1, 0.15) is 65.7 Å². The quantitative estimate of drug-likeness (QED) is 0.508. The minimum Gasteiger partial charge on any atom is -0.462 e. The first-order valence-electron chi connectivity index (χ1n) is 11.0. The molecule has 1 aliphatic heterocycles. The number of carbonyl (C=O) groups excluding carboxylic acids is 1. The van der Waals surface area contributed by atoms with Gasteiger partial charge in [-0.15, -0.1) is 0 Å². The molecule has 3 saturated carbocycles. The van der Waals surface area contributed by atoms with Gasteiger partial charge in [0.2, 0.25) is 0 Å². The summed E-state index contributed by atoms with van der Waals surface area (Å²) in [6, 6.07) is 0. The van der Waals surface area contributed by atoms with E-state index in [-0.39, 0.29) is 23.6 Å². The van der Waals surface area contributed by atoms with Gasteiger partial charge in [-0.2, -0.15) is 0 Å². The van der Waals surface area contributed by atoms with E-state index in [1.807, 2.05) is 0 Å². The molecule has 4 bridgehead atoms. The van der Waals surface area contributed by atoms with E-state index in [4.69, 9.17) is 14.2 Å². The predicted molar refractivity (Wildman–Crippen MR) is 102 cm³/mol. The first-order valence-corrected chi connectivity index (χ1v) is 11.0. The number of ether oxygens (including phenoxy) is 3. The summed E-state index contributed by atoms with van der Waals surface area (Å²) < 4.78 is 18.3. The zero-order valence-corrected chi connectivity index (χ0v) is 17.0. The lowest BCUT2D eigenvalue weighted by Crippen LogP contribution is -2.55. The van der Waals surface area contributed by atoms with Gasteiger partial charge in [0.15, 0.2) is 0 Å². The number of hydrogen-bond acceptors (Lipinski definition) is 4. The zero-order valence-electron chi connectivity index (χ0n) is 17.0. The second-order valence-corrected chi connectivity index (χ2v) is 10.2. The molecule has 0 aromatic rings. The summed E-state index contributed by atoms with van der Waals surface area (Å²) in [6.07, 6.45) is 11.2. The molecule has 5 rings (SSSR count). The van der Waals surface area contributed by atoms with Crippen LogP contribution in [0.4, 0.5) is 0 Å². The highest BCUT2D eigenvalue weighted by Gasteiger charge is 2.61. The van der Waals surface area contributed by atoms with Crippen LogP contribution in [0, 0.1) is 28.6 Å². The normalized spacial score (nSPS) is 51.3. The first kappa shape index (κ1) is 18.2. The summed E-state index contributed by atoms with van der Waals surface area (Å²) in [4.78, 5) is 11.5. The summed E-state index contributed by atoms with van der Waals surface area (Å²) in [6.45, 7) is 7.92. The molecule has 0 aromatic carbocycles. The minimum absolute atomic E-state index is 0.0442. The van der Waals surface area contributed by atoms with Gasteiger partial charge in [0.05, 0.1) is 25.4 Å². The van der Waals surface area contributed by atoms with Gasteiger partial charge < -0.3 is 14.2 Å². The Morgan fingerprint density at radius 2 is 1.89 bits per heavy atom. The average molecular weight is 375 g/mol. The average Bonchev–Trinajstić information content (AvgIpc) is 2.97. The van der Waals surface area contributed by atoms with Crippen molar-refractivity contribution >= 4 is 5.97 Å². The molecule has 0 N–H and O–H groups in total. The van der Waals surface area contributed by atoms with E-state index >= 15 is 0 Å². The van der Waals surface area contributed by atoms with Crippen LogP contribution < -0.4 is 0 Å². The van der Waals surface area contributed by atoms with E-state index in [1.165, 1.54) is 38.2 Å². The molecule has 4 nitrogen and oxygen atoms in total. The van der Waals surface area contributed by atoms with Gasteiger partial charge in [0.1, 0.15) is 6.10 Å². The number of hydrogen-bond donors (Lipinski definition) is 0. The molecule has 150 valence electrons. The second kappa shape index (κ2) is 6.32. The van der Waals surface area contributed by atoms with Gasteiger partial charge in [-0.1, -0.05) is 25.5 Å². The molecule has 0 amide bonds. The number of fused-ring (bicyclic) bond motifs is 2. The van der Waals surface area contributed by atoms with E-state index in [0.29, 0.717) is 35.9 Å². The van der Waals surface area contributed by atoms with Crippen molar-refractivity contribution in [3.63, 3.8) is 0 Å². The highest BCUT2D eigenvalue weighted by atomic mass is 16.5. The van der Waals surface area contributed by atoms with Gasteiger partial charge in [0, 0.05) is 13.3 Å². The Balaban J connectivity index is 1.52. The third kappa shape index (κ3) is 2.66. The van der Waals surface area contributed by atoms with Crippen molar-refractivity contribution in [2.75, 3.05) is 13.2 Å². The summed E-state index contributed by atoms with van der Waals surface area (Å²) in [7, 11) is 0. The first-order chi connectivity index (χ1) is 12.9. The highest BCUT2D eigenvalue weighted by molar-refractivity contribution is 5.66. The Labute approximate surface area is 163 Å². The fourth-order valence-corrected chi connectivity index (χ4v) is 7.68. The smallest absolute Gasteiger partial charge is 0.302 e. The molecule has 4 aliphatic carbocycles. The van der Waals surface area contributed by atoms with Crippen molar-refractivity contribution in [1.29, 1.82) is 0 Å². The van der Waals surface area contributed by atoms with Gasteiger partial charge in [-0.25, -0.2) is 0 Å². The molecule has 4 heteroatoms. The van der Waals surface area contributed by atoms with Crippen LogP contribution in [0.3, 0.4) is 0 Å². The zero-order chi connectivity index (χ0) is 18.8. The molecule has 8 atom stereocenters. The maximum Gasteiger partial charge on any atom is 0.302 e. The molecule has 5 aliphatic rings. The monoisotopic (exact) mass is 374 g/mol. The number of carbonyl (C=O) groups is 1.